The maximum absolute atomic E-state index is 5.84. The minimum Gasteiger partial charge on any atom is -0.440 e. The molecule has 0 fully saturated rings. The lowest BCUT2D eigenvalue weighted by atomic mass is 10.0. The highest BCUT2D eigenvalue weighted by atomic mass is 32.2. The van der Waals surface area contributed by atoms with Crippen LogP contribution in [0.15, 0.2) is 51.9 Å². The molecule has 4 aromatic rings. The molecule has 0 amide bonds. The van der Waals surface area contributed by atoms with E-state index >= 15 is 0 Å². The normalized spacial score (nSPS) is 11.4. The summed E-state index contributed by atoms with van der Waals surface area (Å²) in [6, 6.07) is 14.7. The summed E-state index contributed by atoms with van der Waals surface area (Å²) < 4.78 is 5.84. The lowest BCUT2D eigenvalue weighted by molar-refractivity contribution is 0.537. The number of aromatic amines is 1. The molecule has 4 nitrogen and oxygen atoms in total. The fourth-order valence-corrected chi connectivity index (χ4v) is 3.99. The summed E-state index contributed by atoms with van der Waals surface area (Å²) >= 11 is 3.44. The lowest BCUT2D eigenvalue weighted by Crippen LogP contribution is -1.89. The molecule has 0 aliphatic heterocycles. The number of fused-ring (bicyclic) bond motifs is 1. The molecule has 0 spiro atoms. The van der Waals surface area contributed by atoms with E-state index in [4.69, 9.17) is 4.42 Å². The van der Waals surface area contributed by atoms with Crippen molar-refractivity contribution in [2.45, 2.75) is 18.4 Å². The van der Waals surface area contributed by atoms with E-state index < -0.39 is 0 Å². The van der Waals surface area contributed by atoms with E-state index in [0.717, 1.165) is 56.5 Å². The second-order valence-electron chi connectivity index (χ2n) is 6.32. The Morgan fingerprint density at radius 2 is 1.81 bits per heavy atom. The molecule has 2 aromatic heterocycles. The van der Waals surface area contributed by atoms with Gasteiger partial charge >= 0.3 is 0 Å². The third-order valence-corrected chi connectivity index (χ3v) is 5.84. The summed E-state index contributed by atoms with van der Waals surface area (Å²) in [4.78, 5) is 12.7. The maximum Gasteiger partial charge on any atom is 0.227 e. The number of hydrogen-bond acceptors (Lipinski definition) is 5. The zero-order valence-corrected chi connectivity index (χ0v) is 17.2. The van der Waals surface area contributed by atoms with Gasteiger partial charge in [-0.2, -0.15) is 11.8 Å². The fourth-order valence-electron chi connectivity index (χ4n) is 3.09. The highest BCUT2D eigenvalue weighted by molar-refractivity contribution is 7.98. The molecule has 0 atom stereocenters. The molecular weight excluding hydrogens is 374 g/mol. The van der Waals surface area contributed by atoms with Crippen LogP contribution in [0.2, 0.25) is 0 Å². The molecule has 2 aromatic carbocycles. The van der Waals surface area contributed by atoms with Gasteiger partial charge in [-0.05, 0) is 54.8 Å². The molecule has 0 unspecified atom stereocenters. The Morgan fingerprint density at radius 1 is 1.00 bits per heavy atom. The molecule has 0 saturated heterocycles. The van der Waals surface area contributed by atoms with E-state index in [1.165, 1.54) is 0 Å². The molecule has 27 heavy (non-hydrogen) atoms. The van der Waals surface area contributed by atoms with E-state index in [-0.39, 0.29) is 0 Å². The van der Waals surface area contributed by atoms with Crippen LogP contribution in [0.1, 0.15) is 11.6 Å². The first kappa shape index (κ1) is 18.2. The smallest absolute Gasteiger partial charge is 0.227 e. The zero-order chi connectivity index (χ0) is 18.8. The van der Waals surface area contributed by atoms with E-state index in [0.29, 0.717) is 5.89 Å². The average Bonchev–Trinajstić information content (AvgIpc) is 3.28. The standard InChI is InChI=1S/C21H21N3OS2/c1-13-21(27-3)24-20(25-13)16-6-4-5-14(11-16)15-7-8-17-18(12-15)23-19(22-17)9-10-26-2/h4-8,11-12H,9-10H2,1-3H3,(H,22,23). The molecule has 0 aliphatic carbocycles. The molecule has 138 valence electrons. The third kappa shape index (κ3) is 3.77. The Balaban J connectivity index is 1.68. The highest BCUT2D eigenvalue weighted by Crippen LogP contribution is 2.30. The summed E-state index contributed by atoms with van der Waals surface area (Å²) in [5, 5.41) is 0.937. The number of rotatable bonds is 6. The first-order chi connectivity index (χ1) is 13.2. The average molecular weight is 396 g/mol. The van der Waals surface area contributed by atoms with Gasteiger partial charge in [0.25, 0.3) is 0 Å². The van der Waals surface area contributed by atoms with E-state index in [9.17, 15) is 0 Å². The Morgan fingerprint density at radius 3 is 2.59 bits per heavy atom. The number of oxazole rings is 1. The quantitative estimate of drug-likeness (QED) is 0.417. The van der Waals surface area contributed by atoms with Crippen LogP contribution in [-0.2, 0) is 6.42 Å². The van der Waals surface area contributed by atoms with Gasteiger partial charge < -0.3 is 9.40 Å². The first-order valence-electron chi connectivity index (χ1n) is 8.77. The number of nitrogens with one attached hydrogen (secondary N) is 1. The van der Waals surface area contributed by atoms with Crippen LogP contribution in [0.4, 0.5) is 0 Å². The molecular formula is C21H21N3OS2. The Labute approximate surface area is 167 Å². The molecule has 4 rings (SSSR count). The fraction of sp³-hybridized carbons (Fsp3) is 0.238. The maximum atomic E-state index is 5.84. The van der Waals surface area contributed by atoms with E-state index in [2.05, 4.69) is 51.5 Å². The SMILES string of the molecule is CSCCc1nc2ccc(-c3cccc(-c4nc(SC)c(C)o4)c3)cc2[nH]1. The number of H-pyrrole nitrogens is 1. The Hall–Kier alpha value is -2.18. The highest BCUT2D eigenvalue weighted by Gasteiger charge is 2.12. The van der Waals surface area contributed by atoms with Crippen molar-refractivity contribution in [1.29, 1.82) is 0 Å². The molecule has 0 radical (unpaired) electrons. The van der Waals surface area contributed by atoms with Crippen LogP contribution >= 0.6 is 23.5 Å². The van der Waals surface area contributed by atoms with Gasteiger partial charge in [0.15, 0.2) is 0 Å². The Bertz CT molecular complexity index is 1080. The number of imidazole rings is 1. The third-order valence-electron chi connectivity index (χ3n) is 4.46. The van der Waals surface area contributed by atoms with Gasteiger partial charge in [0.1, 0.15) is 16.6 Å². The lowest BCUT2D eigenvalue weighted by Gasteiger charge is -2.04. The first-order valence-corrected chi connectivity index (χ1v) is 11.4. The summed E-state index contributed by atoms with van der Waals surface area (Å²) in [5.74, 6) is 3.65. The van der Waals surface area contributed by atoms with Crippen molar-refractivity contribution in [2.75, 3.05) is 18.3 Å². The number of thioether (sulfide) groups is 2. The van der Waals surface area contributed by atoms with Crippen LogP contribution < -0.4 is 0 Å². The van der Waals surface area contributed by atoms with Gasteiger partial charge in [-0.3, -0.25) is 0 Å². The zero-order valence-electron chi connectivity index (χ0n) is 15.6. The minimum atomic E-state index is 0.667. The topological polar surface area (TPSA) is 54.7 Å². The van der Waals surface area contributed by atoms with Crippen molar-refractivity contribution in [3.05, 3.63) is 54.0 Å². The summed E-state index contributed by atoms with van der Waals surface area (Å²) in [5.41, 5.74) is 5.36. The number of nitrogens with zero attached hydrogens (tertiary/aromatic N) is 2. The van der Waals surface area contributed by atoms with Gasteiger partial charge in [0.05, 0.1) is 11.0 Å². The van der Waals surface area contributed by atoms with Crippen molar-refractivity contribution in [1.82, 2.24) is 15.0 Å². The molecule has 0 bridgehead atoms. The van der Waals surface area contributed by atoms with E-state index in [1.54, 1.807) is 11.8 Å². The van der Waals surface area contributed by atoms with Gasteiger partial charge in [0.2, 0.25) is 5.89 Å². The molecule has 2 heterocycles. The second-order valence-corrected chi connectivity index (χ2v) is 8.10. The van der Waals surface area contributed by atoms with Gasteiger partial charge in [-0.1, -0.05) is 18.2 Å². The number of benzene rings is 2. The largest absolute Gasteiger partial charge is 0.440 e. The predicted molar refractivity (Wildman–Crippen MR) is 116 cm³/mol. The van der Waals surface area contributed by atoms with Crippen molar-refractivity contribution < 1.29 is 4.42 Å². The second kappa shape index (κ2) is 7.82. The van der Waals surface area contributed by atoms with Gasteiger partial charge in [0, 0.05) is 17.7 Å². The van der Waals surface area contributed by atoms with Crippen LogP contribution in [0.5, 0.6) is 0 Å². The number of aromatic nitrogens is 3. The predicted octanol–water partition coefficient (Wildman–Crippen LogP) is 5.82. The molecule has 6 heteroatoms. The van der Waals surface area contributed by atoms with Gasteiger partial charge in [-0.25, -0.2) is 9.97 Å². The molecule has 1 N–H and O–H groups in total. The minimum absolute atomic E-state index is 0.667. The molecule has 0 aliphatic rings. The van der Waals surface area contributed by atoms with Crippen LogP contribution in [0.3, 0.4) is 0 Å². The molecule has 0 saturated carbocycles. The summed E-state index contributed by atoms with van der Waals surface area (Å²) in [6.45, 7) is 1.95. The number of aryl methyl sites for hydroxylation is 2. The van der Waals surface area contributed by atoms with Crippen molar-refractivity contribution >= 4 is 34.6 Å². The van der Waals surface area contributed by atoms with Crippen molar-refractivity contribution in [2.24, 2.45) is 0 Å². The summed E-state index contributed by atoms with van der Waals surface area (Å²) in [6.07, 6.45) is 5.09. The van der Waals surface area contributed by atoms with Crippen LogP contribution in [0, 0.1) is 6.92 Å². The van der Waals surface area contributed by atoms with E-state index in [1.807, 2.05) is 37.1 Å². The van der Waals surface area contributed by atoms with Crippen molar-refractivity contribution in [3.8, 4) is 22.6 Å². The van der Waals surface area contributed by atoms with Crippen LogP contribution in [-0.4, -0.2) is 33.2 Å². The van der Waals surface area contributed by atoms with Crippen LogP contribution in [0.25, 0.3) is 33.6 Å². The Kier molecular flexibility index (Phi) is 5.27. The van der Waals surface area contributed by atoms with Crippen molar-refractivity contribution in [3.63, 3.8) is 0 Å². The number of hydrogen-bond donors (Lipinski definition) is 1. The summed E-state index contributed by atoms with van der Waals surface area (Å²) in [7, 11) is 0. The van der Waals surface area contributed by atoms with Gasteiger partial charge in [-0.15, -0.1) is 11.8 Å². The monoisotopic (exact) mass is 395 g/mol.